The van der Waals surface area contributed by atoms with Crippen molar-refractivity contribution in [2.75, 3.05) is 5.32 Å². The van der Waals surface area contributed by atoms with Gasteiger partial charge in [-0.1, -0.05) is 41.5 Å². The van der Waals surface area contributed by atoms with E-state index in [1.165, 1.54) is 0 Å². The number of carbonyl (C=O) groups excluding carboxylic acids is 2. The summed E-state index contributed by atoms with van der Waals surface area (Å²) in [7, 11) is 0. The largest absolute Gasteiger partial charge is 0.348 e. The van der Waals surface area contributed by atoms with Crippen LogP contribution in [0.5, 0.6) is 0 Å². The first-order valence-electron chi connectivity index (χ1n) is 9.52. The number of fused-ring (bicyclic) bond motifs is 2. The molecule has 2 aliphatic heterocycles. The first-order chi connectivity index (χ1) is 12.9. The minimum absolute atomic E-state index is 0.00208. The molecule has 4 heterocycles. The fourth-order valence-electron chi connectivity index (χ4n) is 3.05. The van der Waals surface area contributed by atoms with Gasteiger partial charge >= 0.3 is 0 Å². The molecule has 0 fully saturated rings. The highest BCUT2D eigenvalue weighted by Crippen LogP contribution is 2.27. The number of nitrogens with one attached hydrogen (secondary N) is 2. The van der Waals surface area contributed by atoms with Crippen molar-refractivity contribution in [3.63, 3.8) is 0 Å². The van der Waals surface area contributed by atoms with E-state index in [0.717, 1.165) is 33.8 Å². The number of hydrogen-bond acceptors (Lipinski definition) is 4. The third-order valence-electron chi connectivity index (χ3n) is 4.82. The molecular weight excluding hydrogens is 352 g/mol. The van der Waals surface area contributed by atoms with Gasteiger partial charge in [0.05, 0.1) is 18.3 Å². The second-order valence-corrected chi connectivity index (χ2v) is 9.36. The van der Waals surface area contributed by atoms with Crippen molar-refractivity contribution in [1.29, 1.82) is 0 Å². The SMILES string of the molecule is CC(C)(C)c1cc2c(cn1)CNC2=O.CC(C)(C)c1cc2c(cn1)NC(=O)C2. The van der Waals surface area contributed by atoms with Crippen LogP contribution in [-0.4, -0.2) is 21.8 Å². The Bertz CT molecular complexity index is 937. The third kappa shape index (κ3) is 4.21. The highest BCUT2D eigenvalue weighted by Gasteiger charge is 2.24. The highest BCUT2D eigenvalue weighted by atomic mass is 16.2. The molecule has 2 amide bonds. The summed E-state index contributed by atoms with van der Waals surface area (Å²) in [6, 6.07) is 3.92. The van der Waals surface area contributed by atoms with E-state index >= 15 is 0 Å². The van der Waals surface area contributed by atoms with Crippen LogP contribution in [0, 0.1) is 0 Å². The van der Waals surface area contributed by atoms with Gasteiger partial charge in [-0.15, -0.1) is 0 Å². The van der Waals surface area contributed by atoms with Crippen molar-refractivity contribution in [1.82, 2.24) is 15.3 Å². The van der Waals surface area contributed by atoms with Crippen LogP contribution >= 0.6 is 0 Å². The van der Waals surface area contributed by atoms with Gasteiger partial charge in [0.2, 0.25) is 5.91 Å². The van der Waals surface area contributed by atoms with Gasteiger partial charge in [-0.2, -0.15) is 0 Å². The summed E-state index contributed by atoms with van der Waals surface area (Å²) in [6.45, 7) is 13.2. The lowest BCUT2D eigenvalue weighted by molar-refractivity contribution is -0.115. The molecule has 0 atom stereocenters. The minimum atomic E-state index is -0.00208. The summed E-state index contributed by atoms with van der Waals surface area (Å²) in [6.07, 6.45) is 4.04. The van der Waals surface area contributed by atoms with Crippen molar-refractivity contribution < 1.29 is 9.59 Å². The number of aromatic nitrogens is 2. The van der Waals surface area contributed by atoms with Crippen LogP contribution in [0.4, 0.5) is 5.69 Å². The summed E-state index contributed by atoms with van der Waals surface area (Å²) in [5.74, 6) is 0.0840. The van der Waals surface area contributed by atoms with E-state index in [1.807, 2.05) is 12.1 Å². The Hall–Kier alpha value is -2.76. The molecule has 0 bridgehead atoms. The summed E-state index contributed by atoms with van der Waals surface area (Å²) in [4.78, 5) is 31.2. The molecule has 2 aliphatic rings. The summed E-state index contributed by atoms with van der Waals surface area (Å²) >= 11 is 0. The number of nitrogens with zero attached hydrogens (tertiary/aromatic N) is 2. The van der Waals surface area contributed by atoms with Crippen molar-refractivity contribution in [2.45, 2.75) is 65.3 Å². The van der Waals surface area contributed by atoms with E-state index in [0.29, 0.717) is 13.0 Å². The van der Waals surface area contributed by atoms with Crippen molar-refractivity contribution >= 4 is 17.5 Å². The maximum absolute atomic E-state index is 11.4. The quantitative estimate of drug-likeness (QED) is 0.733. The smallest absolute Gasteiger partial charge is 0.252 e. The van der Waals surface area contributed by atoms with E-state index < -0.39 is 0 Å². The van der Waals surface area contributed by atoms with Crippen LogP contribution < -0.4 is 10.6 Å². The molecule has 6 heteroatoms. The highest BCUT2D eigenvalue weighted by molar-refractivity contribution is 5.99. The van der Waals surface area contributed by atoms with Gasteiger partial charge in [-0.05, 0) is 17.7 Å². The molecule has 0 unspecified atom stereocenters. The number of pyridine rings is 2. The van der Waals surface area contributed by atoms with E-state index in [4.69, 9.17) is 0 Å². The van der Waals surface area contributed by atoms with Crippen molar-refractivity contribution in [3.8, 4) is 0 Å². The lowest BCUT2D eigenvalue weighted by atomic mass is 9.90. The predicted molar refractivity (Wildman–Crippen MR) is 109 cm³/mol. The monoisotopic (exact) mass is 380 g/mol. The Labute approximate surface area is 166 Å². The lowest BCUT2D eigenvalue weighted by Gasteiger charge is -2.18. The van der Waals surface area contributed by atoms with E-state index in [1.54, 1.807) is 12.4 Å². The molecule has 0 saturated carbocycles. The Morgan fingerprint density at radius 2 is 1.46 bits per heavy atom. The first kappa shape index (κ1) is 20.0. The number of rotatable bonds is 0. The number of hydrogen-bond donors (Lipinski definition) is 2. The van der Waals surface area contributed by atoms with Crippen molar-refractivity contribution in [2.24, 2.45) is 0 Å². The van der Waals surface area contributed by atoms with Gasteiger partial charge in [0, 0.05) is 46.1 Å². The van der Waals surface area contributed by atoms with Crippen LogP contribution in [0.3, 0.4) is 0 Å². The number of anilines is 1. The number of amides is 2. The number of carbonyl (C=O) groups is 2. The molecule has 0 saturated heterocycles. The zero-order valence-corrected chi connectivity index (χ0v) is 17.4. The zero-order chi connectivity index (χ0) is 20.7. The normalized spacial score (nSPS) is 15.2. The van der Waals surface area contributed by atoms with Gasteiger partial charge in [0.25, 0.3) is 5.91 Å². The maximum Gasteiger partial charge on any atom is 0.252 e. The molecule has 0 aromatic carbocycles. The van der Waals surface area contributed by atoms with E-state index in [2.05, 4.69) is 62.1 Å². The second-order valence-electron chi connectivity index (χ2n) is 9.36. The predicted octanol–water partition coefficient (Wildman–Crippen LogP) is 3.50. The average molecular weight is 380 g/mol. The van der Waals surface area contributed by atoms with E-state index in [9.17, 15) is 9.59 Å². The molecule has 2 aromatic heterocycles. The van der Waals surface area contributed by atoms with E-state index in [-0.39, 0.29) is 22.6 Å². The van der Waals surface area contributed by atoms with Gasteiger partial charge in [-0.3, -0.25) is 19.6 Å². The Balaban J connectivity index is 0.000000161. The van der Waals surface area contributed by atoms with Crippen molar-refractivity contribution in [3.05, 3.63) is 52.6 Å². The Kier molecular flexibility index (Phi) is 5.00. The first-order valence-corrected chi connectivity index (χ1v) is 9.52. The van der Waals surface area contributed by atoms with Gasteiger partial charge in [0.15, 0.2) is 0 Å². The topological polar surface area (TPSA) is 84.0 Å². The summed E-state index contributed by atoms with van der Waals surface area (Å²) in [5, 5.41) is 5.56. The molecule has 0 radical (unpaired) electrons. The molecule has 2 aromatic rings. The van der Waals surface area contributed by atoms with Crippen LogP contribution in [0.1, 0.15) is 74.4 Å². The molecule has 28 heavy (non-hydrogen) atoms. The zero-order valence-electron chi connectivity index (χ0n) is 17.4. The fourth-order valence-corrected chi connectivity index (χ4v) is 3.05. The molecule has 6 nitrogen and oxygen atoms in total. The van der Waals surface area contributed by atoms with Gasteiger partial charge < -0.3 is 10.6 Å². The average Bonchev–Trinajstić information content (AvgIpc) is 3.15. The Morgan fingerprint density at radius 1 is 0.857 bits per heavy atom. The Morgan fingerprint density at radius 3 is 2.11 bits per heavy atom. The molecule has 0 aliphatic carbocycles. The molecular formula is C22H28N4O2. The second kappa shape index (κ2) is 7.00. The van der Waals surface area contributed by atoms with Crippen LogP contribution in [0.2, 0.25) is 0 Å². The summed E-state index contributed by atoms with van der Waals surface area (Å²) < 4.78 is 0. The van der Waals surface area contributed by atoms with Gasteiger partial charge in [0.1, 0.15) is 0 Å². The standard InChI is InChI=1S/2C11H14N2O/c1-11(2,3)9-4-8-7(5-12-9)6-13-10(8)14;1-11(2,3)9-4-7-5-10(14)13-8(7)6-12-9/h4-5H,6H2,1-3H3,(H,13,14);4,6H,5H2,1-3H3,(H,13,14). The lowest BCUT2D eigenvalue weighted by Crippen LogP contribution is -2.15. The molecule has 148 valence electrons. The minimum Gasteiger partial charge on any atom is -0.348 e. The van der Waals surface area contributed by atoms with Crippen LogP contribution in [0.25, 0.3) is 0 Å². The van der Waals surface area contributed by atoms with Gasteiger partial charge in [-0.25, -0.2) is 0 Å². The van der Waals surface area contributed by atoms with Crippen LogP contribution in [0.15, 0.2) is 24.5 Å². The third-order valence-corrected chi connectivity index (χ3v) is 4.82. The molecule has 0 spiro atoms. The fraction of sp³-hybridized carbons (Fsp3) is 0.455. The molecule has 4 rings (SSSR count). The summed E-state index contributed by atoms with van der Waals surface area (Å²) in [5.41, 5.74) is 5.75. The van der Waals surface area contributed by atoms with Crippen LogP contribution in [-0.2, 0) is 28.6 Å². The maximum atomic E-state index is 11.4. The molecule has 2 N–H and O–H groups in total.